The van der Waals surface area contributed by atoms with Crippen molar-refractivity contribution in [1.29, 1.82) is 0 Å². The van der Waals surface area contributed by atoms with E-state index >= 15 is 0 Å². The molecule has 0 heterocycles. The molecule has 2 aliphatic rings. The van der Waals surface area contributed by atoms with Gasteiger partial charge in [-0.15, -0.1) is 0 Å². The molecular weight excluding hydrogens is 288 g/mol. The number of hydrogen-bond acceptors (Lipinski definition) is 2. The summed E-state index contributed by atoms with van der Waals surface area (Å²) in [6.07, 6.45) is 10.3. The quantitative estimate of drug-likeness (QED) is 0.520. The van der Waals surface area contributed by atoms with Gasteiger partial charge in [0.15, 0.2) is 5.96 Å². The van der Waals surface area contributed by atoms with Crippen molar-refractivity contribution >= 4 is 11.9 Å². The number of rotatable bonds is 6. The maximum atomic E-state index is 11.9. The van der Waals surface area contributed by atoms with Crippen molar-refractivity contribution in [2.75, 3.05) is 13.1 Å². The van der Waals surface area contributed by atoms with E-state index in [4.69, 9.17) is 0 Å². The molecule has 2 rings (SSSR count). The summed E-state index contributed by atoms with van der Waals surface area (Å²) in [6, 6.07) is 0.929. The maximum Gasteiger partial charge on any atom is 0.222 e. The van der Waals surface area contributed by atoms with Gasteiger partial charge in [0.1, 0.15) is 0 Å². The van der Waals surface area contributed by atoms with Crippen LogP contribution in [0.25, 0.3) is 0 Å². The van der Waals surface area contributed by atoms with Crippen molar-refractivity contribution in [1.82, 2.24) is 16.0 Å². The minimum absolute atomic E-state index is 0.142. The van der Waals surface area contributed by atoms with Crippen LogP contribution in [0.5, 0.6) is 0 Å². The number of carbonyl (C=O) groups excluding carboxylic acids is 1. The summed E-state index contributed by atoms with van der Waals surface area (Å²) in [7, 11) is 0. The van der Waals surface area contributed by atoms with Gasteiger partial charge in [0.05, 0.1) is 6.54 Å². The Balaban J connectivity index is 1.70. The second-order valence-corrected chi connectivity index (χ2v) is 7.16. The van der Waals surface area contributed by atoms with Crippen molar-refractivity contribution in [2.24, 2.45) is 10.9 Å². The van der Waals surface area contributed by atoms with Crippen LogP contribution in [0.15, 0.2) is 4.99 Å². The van der Waals surface area contributed by atoms with Crippen molar-refractivity contribution < 1.29 is 4.79 Å². The largest absolute Gasteiger partial charge is 0.357 e. The van der Waals surface area contributed by atoms with Crippen LogP contribution in [0.2, 0.25) is 0 Å². The highest BCUT2D eigenvalue weighted by Gasteiger charge is 2.19. The summed E-state index contributed by atoms with van der Waals surface area (Å²) in [5.41, 5.74) is 0. The van der Waals surface area contributed by atoms with Crippen LogP contribution in [0.1, 0.15) is 71.6 Å². The van der Waals surface area contributed by atoms with Crippen molar-refractivity contribution in [3.05, 3.63) is 0 Å². The fraction of sp³-hybridized carbons (Fsp3) is 0.889. The molecule has 0 aromatic rings. The predicted molar refractivity (Wildman–Crippen MR) is 95.6 cm³/mol. The van der Waals surface area contributed by atoms with Gasteiger partial charge in [0.2, 0.25) is 5.91 Å². The molecule has 0 atom stereocenters. The van der Waals surface area contributed by atoms with Gasteiger partial charge in [-0.05, 0) is 51.4 Å². The number of guanidine groups is 1. The van der Waals surface area contributed by atoms with Crippen LogP contribution in [0.3, 0.4) is 0 Å². The smallest absolute Gasteiger partial charge is 0.222 e. The minimum Gasteiger partial charge on any atom is -0.357 e. The Morgan fingerprint density at radius 1 is 1.00 bits per heavy atom. The second-order valence-electron chi connectivity index (χ2n) is 7.16. The van der Waals surface area contributed by atoms with E-state index in [0.29, 0.717) is 25.0 Å². The molecule has 2 aliphatic carbocycles. The van der Waals surface area contributed by atoms with Gasteiger partial charge in [0, 0.05) is 25.0 Å². The number of aliphatic imine (C=N–C) groups is 1. The molecule has 0 spiro atoms. The number of nitrogens with one attached hydrogen (secondary N) is 3. The van der Waals surface area contributed by atoms with Gasteiger partial charge in [-0.1, -0.05) is 19.8 Å². The summed E-state index contributed by atoms with van der Waals surface area (Å²) in [6.45, 7) is 5.81. The molecule has 0 aromatic carbocycles. The third kappa shape index (κ3) is 6.80. The SMILES string of the molecule is CCNC(=NCCC(=O)NC1CCCC1)NC1CCC(C)CC1. The third-order valence-electron chi connectivity index (χ3n) is 5.03. The molecule has 5 heteroatoms. The van der Waals surface area contributed by atoms with Gasteiger partial charge in [-0.3, -0.25) is 9.79 Å². The Morgan fingerprint density at radius 3 is 2.30 bits per heavy atom. The maximum absolute atomic E-state index is 11.9. The van der Waals surface area contributed by atoms with Crippen LogP contribution in [-0.4, -0.2) is 37.0 Å². The Bertz CT molecular complexity index is 382. The number of nitrogens with zero attached hydrogens (tertiary/aromatic N) is 1. The first-order valence-corrected chi connectivity index (χ1v) is 9.51. The first-order chi connectivity index (χ1) is 11.2. The highest BCUT2D eigenvalue weighted by molar-refractivity contribution is 5.81. The molecule has 0 radical (unpaired) electrons. The molecule has 0 unspecified atom stereocenters. The van der Waals surface area contributed by atoms with Crippen molar-refractivity contribution in [3.63, 3.8) is 0 Å². The summed E-state index contributed by atoms with van der Waals surface area (Å²) < 4.78 is 0. The average Bonchev–Trinajstić information content (AvgIpc) is 3.02. The third-order valence-corrected chi connectivity index (χ3v) is 5.03. The van der Waals surface area contributed by atoms with E-state index in [0.717, 1.165) is 31.3 Å². The lowest BCUT2D eigenvalue weighted by Crippen LogP contribution is -2.45. The zero-order valence-electron chi connectivity index (χ0n) is 14.9. The molecule has 0 aromatic heterocycles. The van der Waals surface area contributed by atoms with Crippen LogP contribution >= 0.6 is 0 Å². The van der Waals surface area contributed by atoms with Crippen molar-refractivity contribution in [2.45, 2.75) is 83.7 Å². The topological polar surface area (TPSA) is 65.5 Å². The lowest BCUT2D eigenvalue weighted by atomic mass is 9.87. The highest BCUT2D eigenvalue weighted by Crippen LogP contribution is 2.23. The Labute approximate surface area is 141 Å². The highest BCUT2D eigenvalue weighted by atomic mass is 16.1. The molecule has 0 bridgehead atoms. The van der Waals surface area contributed by atoms with Gasteiger partial charge >= 0.3 is 0 Å². The fourth-order valence-corrected chi connectivity index (χ4v) is 3.56. The summed E-state index contributed by atoms with van der Waals surface area (Å²) in [5, 5.41) is 9.95. The van der Waals surface area contributed by atoms with E-state index in [9.17, 15) is 4.79 Å². The lowest BCUT2D eigenvalue weighted by molar-refractivity contribution is -0.121. The van der Waals surface area contributed by atoms with E-state index in [-0.39, 0.29) is 5.91 Å². The average molecular weight is 322 g/mol. The zero-order chi connectivity index (χ0) is 16.5. The molecule has 2 fully saturated rings. The Morgan fingerprint density at radius 2 is 1.65 bits per heavy atom. The Kier molecular flexibility index (Phi) is 7.69. The van der Waals surface area contributed by atoms with E-state index in [2.05, 4.69) is 34.8 Å². The van der Waals surface area contributed by atoms with E-state index in [1.165, 1.54) is 38.5 Å². The van der Waals surface area contributed by atoms with E-state index in [1.807, 2.05) is 0 Å². The van der Waals surface area contributed by atoms with Crippen LogP contribution in [0, 0.1) is 5.92 Å². The minimum atomic E-state index is 0.142. The number of amides is 1. The normalized spacial score (nSPS) is 26.1. The molecular formula is C18H34N4O. The van der Waals surface area contributed by atoms with Crippen molar-refractivity contribution in [3.8, 4) is 0 Å². The Hall–Kier alpha value is -1.26. The first-order valence-electron chi connectivity index (χ1n) is 9.51. The molecule has 132 valence electrons. The van der Waals surface area contributed by atoms with E-state index < -0.39 is 0 Å². The molecule has 23 heavy (non-hydrogen) atoms. The molecule has 3 N–H and O–H groups in total. The number of hydrogen-bond donors (Lipinski definition) is 3. The molecule has 5 nitrogen and oxygen atoms in total. The lowest BCUT2D eigenvalue weighted by Gasteiger charge is -2.28. The standard InChI is InChI=1S/C18H34N4O/c1-3-19-18(22-16-10-8-14(2)9-11-16)20-13-12-17(23)21-15-6-4-5-7-15/h14-16H,3-13H2,1-2H3,(H,21,23)(H2,19,20,22). The number of carbonyl (C=O) groups is 1. The first kappa shape index (κ1) is 18.1. The van der Waals surface area contributed by atoms with Crippen LogP contribution < -0.4 is 16.0 Å². The van der Waals surface area contributed by atoms with Crippen LogP contribution in [-0.2, 0) is 4.79 Å². The fourth-order valence-electron chi connectivity index (χ4n) is 3.56. The predicted octanol–water partition coefficient (Wildman–Crippen LogP) is 2.57. The molecule has 0 saturated heterocycles. The molecule has 2 saturated carbocycles. The van der Waals surface area contributed by atoms with E-state index in [1.54, 1.807) is 0 Å². The van der Waals surface area contributed by atoms with Gasteiger partial charge in [-0.25, -0.2) is 0 Å². The second kappa shape index (κ2) is 9.78. The summed E-state index contributed by atoms with van der Waals surface area (Å²) in [4.78, 5) is 16.5. The molecule has 0 aliphatic heterocycles. The van der Waals surface area contributed by atoms with Gasteiger partial charge in [-0.2, -0.15) is 0 Å². The van der Waals surface area contributed by atoms with Gasteiger partial charge in [0.25, 0.3) is 0 Å². The summed E-state index contributed by atoms with van der Waals surface area (Å²) >= 11 is 0. The van der Waals surface area contributed by atoms with Crippen LogP contribution in [0.4, 0.5) is 0 Å². The monoisotopic (exact) mass is 322 g/mol. The summed E-state index contributed by atoms with van der Waals surface area (Å²) in [5.74, 6) is 1.86. The molecule has 1 amide bonds. The van der Waals surface area contributed by atoms with Gasteiger partial charge < -0.3 is 16.0 Å². The zero-order valence-corrected chi connectivity index (χ0v) is 14.9.